The third-order valence-corrected chi connectivity index (χ3v) is 4.96. The van der Waals surface area contributed by atoms with Crippen molar-refractivity contribution < 1.29 is 0 Å². The third-order valence-electron chi connectivity index (χ3n) is 4.12. The van der Waals surface area contributed by atoms with Crippen LogP contribution in [0.25, 0.3) is 0 Å². The van der Waals surface area contributed by atoms with Gasteiger partial charge in [0.1, 0.15) is 5.15 Å². The quantitative estimate of drug-likeness (QED) is 0.335. The zero-order valence-corrected chi connectivity index (χ0v) is 18.5. The largest absolute Gasteiger partial charge is 0.357 e. The smallest absolute Gasteiger partial charge is 0.191 e. The van der Waals surface area contributed by atoms with Gasteiger partial charge >= 0.3 is 0 Å². The van der Waals surface area contributed by atoms with Crippen LogP contribution in [0.5, 0.6) is 0 Å². The Morgan fingerprint density at radius 1 is 1.33 bits per heavy atom. The predicted molar refractivity (Wildman–Crippen MR) is 114 cm³/mol. The Morgan fingerprint density at radius 2 is 2.04 bits per heavy atom. The van der Waals surface area contributed by atoms with Gasteiger partial charge in [-0.05, 0) is 32.4 Å². The summed E-state index contributed by atoms with van der Waals surface area (Å²) in [7, 11) is 1.90. The molecule has 24 heavy (non-hydrogen) atoms. The van der Waals surface area contributed by atoms with Crippen molar-refractivity contribution in [3.05, 3.63) is 21.9 Å². The molecular weight excluding hydrogens is 460 g/mol. The fraction of sp³-hybridized carbons (Fsp3) is 0.688. The summed E-state index contributed by atoms with van der Waals surface area (Å²) in [6.07, 6.45) is 2.69. The Balaban J connectivity index is 0.00000288. The number of hydrogen-bond acceptors (Lipinski definition) is 2. The second kappa shape index (κ2) is 10.7. The highest BCUT2D eigenvalue weighted by atomic mass is 127. The van der Waals surface area contributed by atoms with Crippen LogP contribution in [-0.2, 0) is 13.6 Å². The van der Waals surface area contributed by atoms with Gasteiger partial charge in [-0.3, -0.25) is 4.90 Å². The van der Waals surface area contributed by atoms with Gasteiger partial charge in [-0.1, -0.05) is 30.1 Å². The molecule has 0 bridgehead atoms. The van der Waals surface area contributed by atoms with Crippen molar-refractivity contribution in [2.24, 2.45) is 12.0 Å². The Kier molecular flexibility index (Phi) is 9.77. The minimum absolute atomic E-state index is 0. The molecule has 1 aliphatic rings. The molecule has 0 aromatic carbocycles. The molecule has 1 aliphatic carbocycles. The van der Waals surface area contributed by atoms with Gasteiger partial charge in [0.15, 0.2) is 5.96 Å². The van der Waals surface area contributed by atoms with Crippen molar-refractivity contribution >= 4 is 53.1 Å². The Hall–Kier alpha value is -0.180. The van der Waals surface area contributed by atoms with E-state index < -0.39 is 0 Å². The first-order valence-corrected chi connectivity index (χ1v) is 9.08. The topological polar surface area (TPSA) is 44.6 Å². The van der Waals surface area contributed by atoms with Gasteiger partial charge in [-0.2, -0.15) is 0 Å². The number of halogens is 3. The van der Waals surface area contributed by atoms with Crippen molar-refractivity contribution in [1.29, 1.82) is 0 Å². The monoisotopic (exact) mass is 487 g/mol. The van der Waals surface area contributed by atoms with Crippen LogP contribution in [0.4, 0.5) is 0 Å². The molecule has 1 saturated carbocycles. The molecule has 138 valence electrons. The van der Waals surface area contributed by atoms with Gasteiger partial charge in [0.05, 0.1) is 11.6 Å². The lowest BCUT2D eigenvalue weighted by Crippen LogP contribution is -2.42. The lowest BCUT2D eigenvalue weighted by Gasteiger charge is -2.20. The second-order valence-corrected chi connectivity index (χ2v) is 6.58. The molecule has 1 heterocycles. The maximum Gasteiger partial charge on any atom is 0.191 e. The first-order chi connectivity index (χ1) is 11.1. The highest BCUT2D eigenvalue weighted by Crippen LogP contribution is 2.26. The summed E-state index contributed by atoms with van der Waals surface area (Å²) in [5.74, 6) is 0.827. The average molecular weight is 488 g/mol. The van der Waals surface area contributed by atoms with Gasteiger partial charge in [-0.15, -0.1) is 24.0 Å². The molecule has 0 saturated heterocycles. The molecule has 0 spiro atoms. The molecular formula is C16H28Cl2IN5. The molecule has 1 aromatic rings. The number of aliphatic imine (C=N–C) groups is 1. The summed E-state index contributed by atoms with van der Waals surface area (Å²) in [4.78, 5) is 7.14. The van der Waals surface area contributed by atoms with Crippen LogP contribution in [0, 0.1) is 0 Å². The van der Waals surface area contributed by atoms with Crippen molar-refractivity contribution in [3.63, 3.8) is 0 Å². The van der Waals surface area contributed by atoms with Crippen LogP contribution in [0.1, 0.15) is 32.4 Å². The maximum atomic E-state index is 6.09. The van der Waals surface area contributed by atoms with Crippen molar-refractivity contribution in [3.8, 4) is 0 Å². The zero-order chi connectivity index (χ0) is 16.8. The zero-order valence-electron chi connectivity index (χ0n) is 14.6. The summed E-state index contributed by atoms with van der Waals surface area (Å²) < 4.78 is 1.86. The molecule has 1 fully saturated rings. The summed E-state index contributed by atoms with van der Waals surface area (Å²) >= 11 is 12.1. The molecule has 2 N–H and O–H groups in total. The van der Waals surface area contributed by atoms with Gasteiger partial charge in [0, 0.05) is 38.4 Å². The fourth-order valence-electron chi connectivity index (χ4n) is 2.60. The Morgan fingerprint density at radius 3 is 2.54 bits per heavy atom. The molecule has 0 amide bonds. The van der Waals surface area contributed by atoms with Crippen LogP contribution < -0.4 is 10.6 Å². The Labute approximate surface area is 172 Å². The third kappa shape index (κ3) is 6.28. The van der Waals surface area contributed by atoms with Crippen molar-refractivity contribution in [1.82, 2.24) is 20.1 Å². The lowest BCUT2D eigenvalue weighted by atomic mass is 10.4. The van der Waals surface area contributed by atoms with E-state index in [9.17, 15) is 0 Å². The number of aromatic nitrogens is 1. The van der Waals surface area contributed by atoms with E-state index in [0.29, 0.717) is 16.7 Å². The number of likely N-dealkylation sites (N-methyl/N-ethyl adjacent to an activating group) is 1. The number of guanidine groups is 1. The molecule has 5 nitrogen and oxygen atoms in total. The van der Waals surface area contributed by atoms with E-state index in [4.69, 9.17) is 23.2 Å². The normalized spacial score (nSPS) is 14.7. The molecule has 2 rings (SSSR count). The number of nitrogens with one attached hydrogen (secondary N) is 2. The minimum atomic E-state index is 0. The van der Waals surface area contributed by atoms with Gasteiger partial charge < -0.3 is 15.2 Å². The summed E-state index contributed by atoms with van der Waals surface area (Å²) in [5.41, 5.74) is 0.991. The molecule has 0 unspecified atom stereocenters. The fourth-order valence-corrected chi connectivity index (χ4v) is 3.01. The second-order valence-electron chi connectivity index (χ2n) is 5.82. The highest BCUT2D eigenvalue weighted by Gasteiger charge is 2.27. The molecule has 1 aromatic heterocycles. The molecule has 8 heteroatoms. The summed E-state index contributed by atoms with van der Waals surface area (Å²) in [5, 5.41) is 7.80. The van der Waals surface area contributed by atoms with E-state index in [-0.39, 0.29) is 24.0 Å². The van der Waals surface area contributed by atoms with Crippen LogP contribution in [0.2, 0.25) is 10.2 Å². The number of rotatable bonds is 8. The minimum Gasteiger partial charge on any atom is -0.357 e. The van der Waals surface area contributed by atoms with Crippen LogP contribution in [0.3, 0.4) is 0 Å². The van der Waals surface area contributed by atoms with E-state index in [0.717, 1.165) is 43.9 Å². The van der Waals surface area contributed by atoms with Crippen molar-refractivity contribution in [2.45, 2.75) is 39.3 Å². The van der Waals surface area contributed by atoms with E-state index in [1.54, 1.807) is 0 Å². The molecule has 0 aliphatic heterocycles. The van der Waals surface area contributed by atoms with Crippen LogP contribution in [0.15, 0.2) is 11.1 Å². The first kappa shape index (κ1) is 21.9. The average Bonchev–Trinajstić information content (AvgIpc) is 3.34. The molecule has 0 radical (unpaired) electrons. The summed E-state index contributed by atoms with van der Waals surface area (Å²) in [6.45, 7) is 8.72. The van der Waals surface area contributed by atoms with Gasteiger partial charge in [0.25, 0.3) is 0 Å². The van der Waals surface area contributed by atoms with E-state index in [1.165, 1.54) is 12.8 Å². The van der Waals surface area contributed by atoms with Crippen molar-refractivity contribution in [2.75, 3.05) is 26.2 Å². The van der Waals surface area contributed by atoms with Crippen LogP contribution >= 0.6 is 47.2 Å². The number of hydrogen-bond donors (Lipinski definition) is 2. The first-order valence-electron chi connectivity index (χ1n) is 8.32. The Bertz CT molecular complexity index is 543. The maximum absolute atomic E-state index is 6.09. The van der Waals surface area contributed by atoms with Gasteiger partial charge in [0.2, 0.25) is 0 Å². The highest BCUT2D eigenvalue weighted by molar-refractivity contribution is 14.0. The standard InChI is InChI=1S/C16H27Cl2N5.HI/c1-4-19-16(20-8-9-23(5-2)12-6-7-12)21-11-13-10-14(17)15(18)22(13)3;/h10,12H,4-9,11H2,1-3H3,(H2,19,20,21);1H. The SMILES string of the molecule is CCNC(=NCc1cc(Cl)c(Cl)n1C)NCCN(CC)C1CC1.I. The van der Waals surface area contributed by atoms with E-state index in [1.807, 2.05) is 17.7 Å². The predicted octanol–water partition coefficient (Wildman–Crippen LogP) is 3.49. The summed E-state index contributed by atoms with van der Waals surface area (Å²) in [6, 6.07) is 2.66. The lowest BCUT2D eigenvalue weighted by molar-refractivity contribution is 0.282. The van der Waals surface area contributed by atoms with E-state index >= 15 is 0 Å². The van der Waals surface area contributed by atoms with E-state index in [2.05, 4.69) is 34.4 Å². The number of nitrogens with zero attached hydrogens (tertiary/aromatic N) is 3. The van der Waals surface area contributed by atoms with Gasteiger partial charge in [-0.25, -0.2) is 4.99 Å². The molecule has 0 atom stereocenters. The van der Waals surface area contributed by atoms with Crippen LogP contribution in [-0.4, -0.2) is 47.6 Å².